The van der Waals surface area contributed by atoms with Crippen molar-refractivity contribution >= 4 is 11.8 Å². The lowest BCUT2D eigenvalue weighted by atomic mass is 9.47. The van der Waals surface area contributed by atoms with Gasteiger partial charge in [-0.25, -0.2) is 0 Å². The van der Waals surface area contributed by atoms with Crippen LogP contribution in [0.2, 0.25) is 0 Å². The van der Waals surface area contributed by atoms with Crippen LogP contribution in [0.15, 0.2) is 0 Å². The summed E-state index contributed by atoms with van der Waals surface area (Å²) in [6, 6.07) is 0. The molecule has 0 aromatic heterocycles. The Morgan fingerprint density at radius 2 is 1.96 bits per heavy atom. The Balaban J connectivity index is 1.70. The first-order chi connectivity index (χ1) is 11.3. The summed E-state index contributed by atoms with van der Waals surface area (Å²) in [5.74, 6) is 2.95. The monoisotopic (exact) mass is 333 g/mol. The van der Waals surface area contributed by atoms with E-state index in [0.717, 1.165) is 17.8 Å². The number of thiocyanates is 1. The summed E-state index contributed by atoms with van der Waals surface area (Å²) >= 11 is 1.58. The Bertz CT molecular complexity index is 415. The minimum absolute atomic E-state index is 0.634. The van der Waals surface area contributed by atoms with E-state index in [4.69, 9.17) is 5.26 Å². The molecule has 130 valence electrons. The number of rotatable bonds is 6. The molecule has 0 N–H and O–H groups in total. The molecule has 0 aliphatic heterocycles. The van der Waals surface area contributed by atoms with E-state index in [1.807, 2.05) is 0 Å². The zero-order chi connectivity index (χ0) is 16.1. The molecule has 0 heterocycles. The lowest BCUT2D eigenvalue weighted by Gasteiger charge is -2.59. The van der Waals surface area contributed by atoms with Crippen LogP contribution in [0.25, 0.3) is 0 Å². The molecule has 1 nitrogen and oxygen atoms in total. The predicted octanol–water partition coefficient (Wildman–Crippen LogP) is 6.93. The van der Waals surface area contributed by atoms with E-state index in [0.29, 0.717) is 10.7 Å². The van der Waals surface area contributed by atoms with Crippen molar-refractivity contribution in [1.82, 2.24) is 0 Å². The molecular weight excluding hydrogens is 298 g/mol. The summed E-state index contributed by atoms with van der Waals surface area (Å²) in [6.07, 6.45) is 20.2. The molecule has 5 atom stereocenters. The van der Waals surface area contributed by atoms with Gasteiger partial charge in [-0.1, -0.05) is 51.9 Å². The van der Waals surface area contributed by atoms with Gasteiger partial charge in [0.25, 0.3) is 0 Å². The van der Waals surface area contributed by atoms with E-state index in [2.05, 4.69) is 12.3 Å². The summed E-state index contributed by atoms with van der Waals surface area (Å²) in [5.41, 5.74) is 0.693. The van der Waals surface area contributed by atoms with Gasteiger partial charge in [-0.05, 0) is 79.9 Å². The van der Waals surface area contributed by atoms with Crippen LogP contribution in [0.1, 0.15) is 96.8 Å². The highest BCUT2D eigenvalue weighted by Gasteiger charge is 2.53. The average Bonchev–Trinajstić information content (AvgIpc) is 2.58. The molecule has 0 amide bonds. The van der Waals surface area contributed by atoms with Gasteiger partial charge in [0, 0.05) is 5.25 Å². The third-order valence-electron chi connectivity index (χ3n) is 7.55. The van der Waals surface area contributed by atoms with E-state index >= 15 is 0 Å². The summed E-state index contributed by atoms with van der Waals surface area (Å²) in [6.45, 7) is 2.31. The molecule has 3 saturated carbocycles. The Kier molecular flexibility index (Phi) is 6.36. The van der Waals surface area contributed by atoms with Gasteiger partial charge in [-0.3, -0.25) is 0 Å². The smallest absolute Gasteiger partial charge is 0.133 e. The second-order valence-electron chi connectivity index (χ2n) is 8.57. The summed E-state index contributed by atoms with van der Waals surface area (Å²) in [4.78, 5) is 0. The van der Waals surface area contributed by atoms with Crippen molar-refractivity contribution in [1.29, 1.82) is 5.26 Å². The molecule has 2 heteroatoms. The molecule has 3 fully saturated rings. The Labute approximate surface area is 148 Å². The van der Waals surface area contributed by atoms with Crippen molar-refractivity contribution in [2.24, 2.45) is 23.2 Å². The second kappa shape index (κ2) is 8.28. The van der Waals surface area contributed by atoms with Crippen LogP contribution in [-0.4, -0.2) is 5.25 Å². The quantitative estimate of drug-likeness (QED) is 0.389. The number of nitriles is 1. The van der Waals surface area contributed by atoms with Crippen LogP contribution in [0.4, 0.5) is 0 Å². The van der Waals surface area contributed by atoms with Gasteiger partial charge in [0.1, 0.15) is 5.40 Å². The summed E-state index contributed by atoms with van der Waals surface area (Å²) in [7, 11) is 0. The van der Waals surface area contributed by atoms with E-state index in [1.165, 1.54) is 89.9 Å². The van der Waals surface area contributed by atoms with Gasteiger partial charge in [-0.15, -0.1) is 0 Å². The fraction of sp³-hybridized carbons (Fsp3) is 0.952. The molecule has 0 aromatic rings. The van der Waals surface area contributed by atoms with Gasteiger partial charge < -0.3 is 0 Å². The highest BCUT2D eigenvalue weighted by Crippen LogP contribution is 2.62. The second-order valence-corrected chi connectivity index (χ2v) is 9.66. The Morgan fingerprint density at radius 1 is 1.04 bits per heavy atom. The lowest BCUT2D eigenvalue weighted by molar-refractivity contribution is -0.0789. The fourth-order valence-electron chi connectivity index (χ4n) is 6.48. The van der Waals surface area contributed by atoms with Crippen molar-refractivity contribution in [3.63, 3.8) is 0 Å². The molecule has 3 aliphatic rings. The molecule has 0 saturated heterocycles. The molecule has 5 unspecified atom stereocenters. The van der Waals surface area contributed by atoms with Crippen molar-refractivity contribution in [2.45, 2.75) is 102 Å². The minimum Gasteiger partial charge on any atom is -0.185 e. The average molecular weight is 334 g/mol. The zero-order valence-corrected chi connectivity index (χ0v) is 15.9. The first-order valence-electron chi connectivity index (χ1n) is 10.3. The third kappa shape index (κ3) is 3.76. The maximum Gasteiger partial charge on any atom is 0.133 e. The van der Waals surface area contributed by atoms with Crippen LogP contribution in [0.3, 0.4) is 0 Å². The fourth-order valence-corrected chi connectivity index (χ4v) is 7.16. The molecule has 1 spiro atoms. The highest BCUT2D eigenvalue weighted by atomic mass is 32.2. The molecule has 0 bridgehead atoms. The minimum atomic E-state index is 0.634. The molecule has 0 radical (unpaired) electrons. The normalized spacial score (nSPS) is 40.0. The molecule has 3 rings (SSSR count). The first kappa shape index (κ1) is 17.7. The topological polar surface area (TPSA) is 23.8 Å². The molecule has 0 aromatic carbocycles. The van der Waals surface area contributed by atoms with E-state index in [-0.39, 0.29) is 0 Å². The zero-order valence-electron chi connectivity index (χ0n) is 15.1. The lowest BCUT2D eigenvalue weighted by Crippen LogP contribution is -2.51. The van der Waals surface area contributed by atoms with Gasteiger partial charge >= 0.3 is 0 Å². The predicted molar refractivity (Wildman–Crippen MR) is 100 cm³/mol. The number of unbranched alkanes of at least 4 members (excludes halogenated alkanes) is 3. The number of hydrogen-bond donors (Lipinski definition) is 0. The maximum atomic E-state index is 9.12. The number of nitrogens with zero attached hydrogens (tertiary/aromatic N) is 1. The maximum absolute atomic E-state index is 9.12. The molecule has 3 aliphatic carbocycles. The Hall–Kier alpha value is -0.160. The van der Waals surface area contributed by atoms with Crippen molar-refractivity contribution < 1.29 is 0 Å². The van der Waals surface area contributed by atoms with E-state index in [1.54, 1.807) is 11.8 Å². The van der Waals surface area contributed by atoms with Gasteiger partial charge in [0.2, 0.25) is 0 Å². The Morgan fingerprint density at radius 3 is 2.78 bits per heavy atom. The van der Waals surface area contributed by atoms with Crippen LogP contribution >= 0.6 is 11.8 Å². The van der Waals surface area contributed by atoms with E-state index < -0.39 is 0 Å². The highest BCUT2D eigenvalue weighted by molar-refractivity contribution is 8.04. The van der Waals surface area contributed by atoms with Crippen molar-refractivity contribution in [2.75, 3.05) is 0 Å². The van der Waals surface area contributed by atoms with Crippen LogP contribution in [0, 0.1) is 33.8 Å². The van der Waals surface area contributed by atoms with Gasteiger partial charge in [-0.2, -0.15) is 5.26 Å². The largest absolute Gasteiger partial charge is 0.185 e. The first-order valence-corrected chi connectivity index (χ1v) is 11.2. The third-order valence-corrected chi connectivity index (χ3v) is 8.41. The number of hydrogen-bond acceptors (Lipinski definition) is 2. The van der Waals surface area contributed by atoms with Gasteiger partial charge in [0.05, 0.1) is 0 Å². The SMILES string of the molecule is CCCCCCC1CCC2CCCCC23CCC(SC#N)CC13. The van der Waals surface area contributed by atoms with Crippen LogP contribution < -0.4 is 0 Å². The molecule has 23 heavy (non-hydrogen) atoms. The van der Waals surface area contributed by atoms with Crippen LogP contribution in [0.5, 0.6) is 0 Å². The standard InChI is InChI=1S/C21H35NS/c1-2-3-4-5-8-17-10-11-18-9-6-7-13-21(18)14-12-19(23-16-22)15-20(17)21/h17-20H,2-15H2,1H3. The van der Waals surface area contributed by atoms with Crippen LogP contribution in [-0.2, 0) is 0 Å². The van der Waals surface area contributed by atoms with E-state index in [9.17, 15) is 0 Å². The number of thioether (sulfide) groups is 1. The van der Waals surface area contributed by atoms with Crippen molar-refractivity contribution in [3.05, 3.63) is 0 Å². The summed E-state index contributed by atoms with van der Waals surface area (Å²) in [5, 5.41) is 12.2. The molecular formula is C21H35NS. The van der Waals surface area contributed by atoms with Crippen molar-refractivity contribution in [3.8, 4) is 5.40 Å². The van der Waals surface area contributed by atoms with Gasteiger partial charge in [0.15, 0.2) is 0 Å². The summed E-state index contributed by atoms with van der Waals surface area (Å²) < 4.78 is 0.